The minimum Gasteiger partial charge on any atom is -0.497 e. The molecular formula is C21H16O3. The summed E-state index contributed by atoms with van der Waals surface area (Å²) in [6.07, 6.45) is 0. The SMILES string of the molecule is COc1ccc2c(c1)OC(=O)c1ccccc1C2c1ccccc1. The zero-order chi connectivity index (χ0) is 16.5. The van der Waals surface area contributed by atoms with Crippen molar-refractivity contribution in [2.75, 3.05) is 7.11 Å². The van der Waals surface area contributed by atoms with Gasteiger partial charge in [0.1, 0.15) is 11.5 Å². The molecule has 1 atom stereocenters. The third kappa shape index (κ3) is 2.35. The van der Waals surface area contributed by atoms with Gasteiger partial charge in [-0.05, 0) is 23.3 Å². The highest BCUT2D eigenvalue weighted by Gasteiger charge is 2.30. The molecule has 0 bridgehead atoms. The van der Waals surface area contributed by atoms with Gasteiger partial charge in [0.05, 0.1) is 12.7 Å². The molecule has 0 aromatic heterocycles. The first kappa shape index (κ1) is 14.5. The van der Waals surface area contributed by atoms with Crippen molar-refractivity contribution in [3.63, 3.8) is 0 Å². The summed E-state index contributed by atoms with van der Waals surface area (Å²) in [5.74, 6) is 0.817. The van der Waals surface area contributed by atoms with Gasteiger partial charge in [0.25, 0.3) is 0 Å². The van der Waals surface area contributed by atoms with E-state index in [1.54, 1.807) is 13.2 Å². The summed E-state index contributed by atoms with van der Waals surface area (Å²) in [7, 11) is 1.60. The lowest BCUT2D eigenvalue weighted by atomic mass is 9.83. The minimum atomic E-state index is -0.335. The van der Waals surface area contributed by atoms with E-state index >= 15 is 0 Å². The maximum atomic E-state index is 12.6. The summed E-state index contributed by atoms with van der Waals surface area (Å²) in [5, 5.41) is 0. The molecule has 3 heteroatoms. The number of carbonyl (C=O) groups excluding carboxylic acids is 1. The standard InChI is InChI=1S/C21H16O3/c1-23-15-11-12-18-19(13-15)24-21(22)17-10-6-5-9-16(17)20(18)14-7-3-2-4-8-14/h2-13,20H,1H3. The van der Waals surface area contributed by atoms with E-state index in [2.05, 4.69) is 12.1 Å². The van der Waals surface area contributed by atoms with E-state index in [0.29, 0.717) is 17.1 Å². The molecule has 0 saturated heterocycles. The quantitative estimate of drug-likeness (QED) is 0.519. The summed E-state index contributed by atoms with van der Waals surface area (Å²) in [6.45, 7) is 0. The number of hydrogen-bond acceptors (Lipinski definition) is 3. The van der Waals surface area contributed by atoms with Crippen LogP contribution in [0.1, 0.15) is 33.0 Å². The molecule has 0 fully saturated rings. The van der Waals surface area contributed by atoms with Gasteiger partial charge >= 0.3 is 5.97 Å². The normalized spacial score (nSPS) is 15.7. The van der Waals surface area contributed by atoms with Crippen LogP contribution in [-0.4, -0.2) is 13.1 Å². The summed E-state index contributed by atoms with van der Waals surface area (Å²) in [4.78, 5) is 12.6. The molecule has 3 aromatic rings. The van der Waals surface area contributed by atoms with Crippen LogP contribution in [0, 0.1) is 0 Å². The Labute approximate surface area is 140 Å². The molecule has 0 N–H and O–H groups in total. The van der Waals surface area contributed by atoms with Crippen molar-refractivity contribution in [3.05, 3.63) is 95.1 Å². The zero-order valence-corrected chi connectivity index (χ0v) is 13.2. The Kier molecular flexibility index (Phi) is 3.54. The van der Waals surface area contributed by atoms with Crippen LogP contribution in [0.3, 0.4) is 0 Å². The molecule has 1 aliphatic heterocycles. The smallest absolute Gasteiger partial charge is 0.343 e. The van der Waals surface area contributed by atoms with E-state index in [0.717, 1.165) is 16.7 Å². The van der Waals surface area contributed by atoms with Crippen LogP contribution in [-0.2, 0) is 0 Å². The maximum Gasteiger partial charge on any atom is 0.343 e. The zero-order valence-electron chi connectivity index (χ0n) is 13.2. The van der Waals surface area contributed by atoms with Crippen molar-refractivity contribution in [3.8, 4) is 11.5 Å². The van der Waals surface area contributed by atoms with Crippen LogP contribution in [0.5, 0.6) is 11.5 Å². The largest absolute Gasteiger partial charge is 0.497 e. The van der Waals surface area contributed by atoms with Crippen molar-refractivity contribution in [2.45, 2.75) is 5.92 Å². The Balaban J connectivity index is 2.00. The van der Waals surface area contributed by atoms with Gasteiger partial charge in [-0.1, -0.05) is 54.6 Å². The number of fused-ring (bicyclic) bond motifs is 2. The van der Waals surface area contributed by atoms with Crippen LogP contribution in [0.15, 0.2) is 72.8 Å². The number of hydrogen-bond donors (Lipinski definition) is 0. The van der Waals surface area contributed by atoms with Crippen LogP contribution in [0.2, 0.25) is 0 Å². The molecule has 1 heterocycles. The van der Waals surface area contributed by atoms with Crippen molar-refractivity contribution in [1.82, 2.24) is 0 Å². The molecule has 0 aliphatic carbocycles. The molecule has 0 spiro atoms. The number of methoxy groups -OCH3 is 1. The van der Waals surface area contributed by atoms with Gasteiger partial charge in [0.15, 0.2) is 0 Å². The van der Waals surface area contributed by atoms with Gasteiger partial charge in [0, 0.05) is 17.5 Å². The van der Waals surface area contributed by atoms with Gasteiger partial charge in [0.2, 0.25) is 0 Å². The fourth-order valence-corrected chi connectivity index (χ4v) is 3.23. The summed E-state index contributed by atoms with van der Waals surface area (Å²) in [6, 6.07) is 23.4. The molecular weight excluding hydrogens is 300 g/mol. The van der Waals surface area contributed by atoms with Crippen LogP contribution in [0.25, 0.3) is 0 Å². The van der Waals surface area contributed by atoms with E-state index in [4.69, 9.17) is 9.47 Å². The second-order valence-electron chi connectivity index (χ2n) is 5.72. The third-order valence-corrected chi connectivity index (χ3v) is 4.36. The topological polar surface area (TPSA) is 35.5 Å². The highest BCUT2D eigenvalue weighted by molar-refractivity contribution is 5.94. The number of benzene rings is 3. The van der Waals surface area contributed by atoms with E-state index in [9.17, 15) is 4.79 Å². The van der Waals surface area contributed by atoms with Gasteiger partial charge in [-0.25, -0.2) is 4.79 Å². The van der Waals surface area contributed by atoms with E-state index in [1.807, 2.05) is 54.6 Å². The average Bonchev–Trinajstić information content (AvgIpc) is 2.76. The van der Waals surface area contributed by atoms with Crippen molar-refractivity contribution < 1.29 is 14.3 Å². The molecule has 3 aromatic carbocycles. The highest BCUT2D eigenvalue weighted by atomic mass is 16.5. The highest BCUT2D eigenvalue weighted by Crippen LogP contribution is 2.42. The predicted octanol–water partition coefficient (Wildman–Crippen LogP) is 4.41. The maximum absolute atomic E-state index is 12.6. The van der Waals surface area contributed by atoms with Crippen LogP contribution >= 0.6 is 0 Å². The minimum absolute atomic E-state index is 0.0604. The van der Waals surface area contributed by atoms with Gasteiger partial charge in [-0.3, -0.25) is 0 Å². The number of carbonyl (C=O) groups is 1. The molecule has 118 valence electrons. The van der Waals surface area contributed by atoms with Gasteiger partial charge in [-0.2, -0.15) is 0 Å². The number of esters is 1. The van der Waals surface area contributed by atoms with Crippen molar-refractivity contribution in [2.24, 2.45) is 0 Å². The summed E-state index contributed by atoms with van der Waals surface area (Å²) >= 11 is 0. The predicted molar refractivity (Wildman–Crippen MR) is 91.8 cm³/mol. The van der Waals surface area contributed by atoms with E-state index in [1.165, 1.54) is 0 Å². The molecule has 0 saturated carbocycles. The molecule has 1 aliphatic rings. The average molecular weight is 316 g/mol. The molecule has 4 rings (SSSR count). The first-order valence-electron chi connectivity index (χ1n) is 7.82. The molecule has 0 radical (unpaired) electrons. The van der Waals surface area contributed by atoms with E-state index in [-0.39, 0.29) is 11.9 Å². The van der Waals surface area contributed by atoms with Crippen molar-refractivity contribution >= 4 is 5.97 Å². The van der Waals surface area contributed by atoms with Gasteiger partial charge < -0.3 is 9.47 Å². The lowest BCUT2D eigenvalue weighted by molar-refractivity contribution is 0.0735. The molecule has 1 unspecified atom stereocenters. The van der Waals surface area contributed by atoms with Crippen LogP contribution in [0.4, 0.5) is 0 Å². The summed E-state index contributed by atoms with van der Waals surface area (Å²) in [5.41, 5.74) is 3.63. The Bertz CT molecular complexity index is 900. The monoisotopic (exact) mass is 316 g/mol. The first-order valence-corrected chi connectivity index (χ1v) is 7.82. The summed E-state index contributed by atoms with van der Waals surface area (Å²) < 4.78 is 10.9. The second kappa shape index (κ2) is 5.85. The first-order chi connectivity index (χ1) is 11.8. The van der Waals surface area contributed by atoms with Crippen molar-refractivity contribution in [1.29, 1.82) is 0 Å². The molecule has 3 nitrogen and oxygen atoms in total. The van der Waals surface area contributed by atoms with Crippen LogP contribution < -0.4 is 9.47 Å². The second-order valence-corrected chi connectivity index (χ2v) is 5.72. The lowest BCUT2D eigenvalue weighted by Crippen LogP contribution is -2.09. The molecule has 24 heavy (non-hydrogen) atoms. The van der Waals surface area contributed by atoms with E-state index < -0.39 is 0 Å². The Morgan fingerprint density at radius 3 is 2.42 bits per heavy atom. The van der Waals surface area contributed by atoms with Gasteiger partial charge in [-0.15, -0.1) is 0 Å². The molecule has 0 amide bonds. The Morgan fingerprint density at radius 1 is 0.875 bits per heavy atom. The fourth-order valence-electron chi connectivity index (χ4n) is 3.23. The third-order valence-electron chi connectivity index (χ3n) is 4.36. The number of rotatable bonds is 2. The fraction of sp³-hybridized carbons (Fsp3) is 0.0952. The Hall–Kier alpha value is -3.07. The lowest BCUT2D eigenvalue weighted by Gasteiger charge is -2.19. The number of ether oxygens (including phenoxy) is 2. The Morgan fingerprint density at radius 2 is 1.62 bits per heavy atom.